The minimum Gasteiger partial charge on any atom is -0.491 e. The second-order valence-electron chi connectivity index (χ2n) is 6.96. The van der Waals surface area contributed by atoms with E-state index in [0.29, 0.717) is 29.5 Å². The predicted molar refractivity (Wildman–Crippen MR) is 120 cm³/mol. The summed E-state index contributed by atoms with van der Waals surface area (Å²) in [6.45, 7) is 8.65. The van der Waals surface area contributed by atoms with E-state index >= 15 is 0 Å². The Balaban J connectivity index is 2.26. The van der Waals surface area contributed by atoms with E-state index in [1.165, 1.54) is 0 Å². The van der Waals surface area contributed by atoms with Gasteiger partial charge in [0.25, 0.3) is 5.91 Å². The summed E-state index contributed by atoms with van der Waals surface area (Å²) in [7, 11) is 0. The molecule has 0 spiro atoms. The summed E-state index contributed by atoms with van der Waals surface area (Å²) in [6.07, 6.45) is 1.56. The van der Waals surface area contributed by atoms with E-state index < -0.39 is 5.91 Å². The Morgan fingerprint density at radius 3 is 2.39 bits per heavy atom. The van der Waals surface area contributed by atoms with Crippen LogP contribution in [0.3, 0.4) is 0 Å². The van der Waals surface area contributed by atoms with Crippen LogP contribution in [0.2, 0.25) is 0 Å². The Kier molecular flexibility index (Phi) is 7.85. The molecule has 28 heavy (non-hydrogen) atoms. The molecule has 0 atom stereocenters. The van der Waals surface area contributed by atoms with Gasteiger partial charge in [-0.1, -0.05) is 31.5 Å². The third kappa shape index (κ3) is 5.95. The van der Waals surface area contributed by atoms with Crippen LogP contribution < -0.4 is 10.1 Å². The summed E-state index contributed by atoms with van der Waals surface area (Å²) < 4.78 is 7.31. The first kappa shape index (κ1) is 22.2. The van der Waals surface area contributed by atoms with Crippen molar-refractivity contribution >= 4 is 49.5 Å². The molecule has 4 nitrogen and oxygen atoms in total. The largest absolute Gasteiger partial charge is 0.491 e. The van der Waals surface area contributed by atoms with Crippen molar-refractivity contribution in [3.63, 3.8) is 0 Å². The Morgan fingerprint density at radius 1 is 1.21 bits per heavy atom. The molecule has 0 heterocycles. The molecule has 0 saturated heterocycles. The van der Waals surface area contributed by atoms with Crippen molar-refractivity contribution in [1.29, 1.82) is 5.26 Å². The zero-order valence-corrected chi connectivity index (χ0v) is 19.4. The highest BCUT2D eigenvalue weighted by atomic mass is 79.9. The van der Waals surface area contributed by atoms with Crippen LogP contribution in [-0.4, -0.2) is 12.5 Å². The summed E-state index contributed by atoms with van der Waals surface area (Å²) in [5.41, 5.74) is 3.48. The number of carbonyl (C=O) groups is 1. The van der Waals surface area contributed by atoms with Gasteiger partial charge < -0.3 is 10.1 Å². The first-order valence-electron chi connectivity index (χ1n) is 8.83. The molecule has 2 aromatic carbocycles. The van der Waals surface area contributed by atoms with Crippen LogP contribution in [0.15, 0.2) is 44.9 Å². The lowest BCUT2D eigenvalue weighted by Gasteiger charge is -2.13. The highest BCUT2D eigenvalue weighted by Crippen LogP contribution is 2.35. The number of hydrogen-bond donors (Lipinski definition) is 1. The van der Waals surface area contributed by atoms with Gasteiger partial charge in [0.05, 0.1) is 15.6 Å². The lowest BCUT2D eigenvalue weighted by molar-refractivity contribution is -0.112. The second kappa shape index (κ2) is 9.90. The zero-order valence-electron chi connectivity index (χ0n) is 16.3. The number of amides is 1. The van der Waals surface area contributed by atoms with Crippen molar-refractivity contribution in [3.05, 3.63) is 61.5 Å². The number of rotatable bonds is 6. The number of benzene rings is 2. The SMILES string of the molecule is Cc1ccc(NC(=O)/C(C#N)=C/c2cc(Br)c(OCC(C)C)c(Br)c2)c(C)c1. The van der Waals surface area contributed by atoms with Gasteiger partial charge in [-0.15, -0.1) is 0 Å². The number of carbonyl (C=O) groups excluding carboxylic acids is 1. The van der Waals surface area contributed by atoms with Crippen molar-refractivity contribution in [2.75, 3.05) is 11.9 Å². The fourth-order valence-corrected chi connectivity index (χ4v) is 3.96. The molecule has 1 amide bonds. The first-order valence-corrected chi connectivity index (χ1v) is 10.4. The molecular formula is C22H22Br2N2O2. The highest BCUT2D eigenvalue weighted by molar-refractivity contribution is 9.11. The predicted octanol–water partition coefficient (Wildman–Crippen LogP) is 6.41. The van der Waals surface area contributed by atoms with Gasteiger partial charge in [0, 0.05) is 5.69 Å². The summed E-state index contributed by atoms with van der Waals surface area (Å²) >= 11 is 7.00. The van der Waals surface area contributed by atoms with Crippen LogP contribution in [0.5, 0.6) is 5.75 Å². The molecule has 0 aromatic heterocycles. The number of nitrogens with one attached hydrogen (secondary N) is 1. The molecule has 2 rings (SSSR count). The summed E-state index contributed by atoms with van der Waals surface area (Å²) in [5, 5.41) is 12.3. The highest BCUT2D eigenvalue weighted by Gasteiger charge is 2.13. The molecule has 0 aliphatic rings. The van der Waals surface area contributed by atoms with Gasteiger partial charge in [-0.2, -0.15) is 5.26 Å². The van der Waals surface area contributed by atoms with Crippen molar-refractivity contribution < 1.29 is 9.53 Å². The second-order valence-corrected chi connectivity index (χ2v) is 8.67. The van der Waals surface area contributed by atoms with Crippen LogP contribution >= 0.6 is 31.9 Å². The molecule has 146 valence electrons. The number of hydrogen-bond acceptors (Lipinski definition) is 3. The monoisotopic (exact) mass is 504 g/mol. The molecule has 6 heteroatoms. The van der Waals surface area contributed by atoms with Gasteiger partial charge in [0.1, 0.15) is 17.4 Å². The number of aryl methyl sites for hydroxylation is 2. The number of anilines is 1. The van der Waals surface area contributed by atoms with Crippen molar-refractivity contribution in [2.45, 2.75) is 27.7 Å². The minimum absolute atomic E-state index is 0.0228. The van der Waals surface area contributed by atoms with Gasteiger partial charge in [0.15, 0.2) is 0 Å². The maximum atomic E-state index is 12.5. The quantitative estimate of drug-likeness (QED) is 0.364. The Morgan fingerprint density at radius 2 is 1.86 bits per heavy atom. The molecule has 0 aliphatic carbocycles. The summed E-state index contributed by atoms with van der Waals surface area (Å²) in [6, 6.07) is 11.4. The average Bonchev–Trinajstić information content (AvgIpc) is 2.61. The lowest BCUT2D eigenvalue weighted by atomic mass is 10.1. The number of nitrogens with zero attached hydrogens (tertiary/aromatic N) is 1. The van der Waals surface area contributed by atoms with Gasteiger partial charge in [-0.3, -0.25) is 4.79 Å². The van der Waals surface area contributed by atoms with Gasteiger partial charge in [0.2, 0.25) is 0 Å². The van der Waals surface area contributed by atoms with Crippen molar-refractivity contribution in [2.24, 2.45) is 5.92 Å². The van der Waals surface area contributed by atoms with Crippen LogP contribution in [0.25, 0.3) is 6.08 Å². The molecule has 0 fully saturated rings. The number of ether oxygens (including phenoxy) is 1. The van der Waals surface area contributed by atoms with E-state index in [-0.39, 0.29) is 5.57 Å². The van der Waals surface area contributed by atoms with Crippen molar-refractivity contribution in [1.82, 2.24) is 0 Å². The fraction of sp³-hybridized carbons (Fsp3) is 0.273. The molecule has 1 N–H and O–H groups in total. The Labute approximate surface area is 182 Å². The van der Waals surface area contributed by atoms with E-state index in [1.807, 2.05) is 50.2 Å². The van der Waals surface area contributed by atoms with E-state index in [4.69, 9.17) is 4.74 Å². The van der Waals surface area contributed by atoms with Crippen LogP contribution in [0.4, 0.5) is 5.69 Å². The van der Waals surface area contributed by atoms with Crippen LogP contribution in [0.1, 0.15) is 30.5 Å². The maximum Gasteiger partial charge on any atom is 0.266 e. The number of nitriles is 1. The topological polar surface area (TPSA) is 62.1 Å². The zero-order chi connectivity index (χ0) is 20.8. The molecular weight excluding hydrogens is 484 g/mol. The van der Waals surface area contributed by atoms with Crippen molar-refractivity contribution in [3.8, 4) is 11.8 Å². The summed E-state index contributed by atoms with van der Waals surface area (Å²) in [5.74, 6) is 0.656. The third-order valence-corrected chi connectivity index (χ3v) is 5.07. The van der Waals surface area contributed by atoms with Gasteiger partial charge in [-0.25, -0.2) is 0 Å². The minimum atomic E-state index is -0.443. The van der Waals surface area contributed by atoms with E-state index in [0.717, 1.165) is 20.1 Å². The average molecular weight is 506 g/mol. The Bertz CT molecular complexity index is 936. The van der Waals surface area contributed by atoms with E-state index in [9.17, 15) is 10.1 Å². The van der Waals surface area contributed by atoms with E-state index in [1.54, 1.807) is 6.08 Å². The first-order chi connectivity index (χ1) is 13.2. The normalized spacial score (nSPS) is 11.3. The number of halogens is 2. The standard InChI is InChI=1S/C22H22Br2N2O2/c1-13(2)12-28-21-18(23)9-16(10-19(21)24)8-17(11-25)22(27)26-20-6-5-14(3)7-15(20)4/h5-10,13H,12H2,1-4H3,(H,26,27)/b17-8+. The van der Waals surface area contributed by atoms with Crippen LogP contribution in [-0.2, 0) is 4.79 Å². The Hall–Kier alpha value is -2.10. The van der Waals surface area contributed by atoms with Crippen LogP contribution in [0, 0.1) is 31.1 Å². The van der Waals surface area contributed by atoms with Gasteiger partial charge in [-0.05, 0) is 87.0 Å². The fourth-order valence-electron chi connectivity index (χ4n) is 2.51. The smallest absolute Gasteiger partial charge is 0.266 e. The lowest BCUT2D eigenvalue weighted by Crippen LogP contribution is -2.14. The summed E-state index contributed by atoms with van der Waals surface area (Å²) in [4.78, 5) is 12.5. The molecule has 0 radical (unpaired) electrons. The molecule has 2 aromatic rings. The maximum absolute atomic E-state index is 12.5. The van der Waals surface area contributed by atoms with Gasteiger partial charge >= 0.3 is 0 Å². The van der Waals surface area contributed by atoms with E-state index in [2.05, 4.69) is 51.0 Å². The molecule has 0 bridgehead atoms. The molecule has 0 aliphatic heterocycles. The molecule has 0 saturated carbocycles. The third-order valence-electron chi connectivity index (χ3n) is 3.89. The molecule has 0 unspecified atom stereocenters.